The van der Waals surface area contributed by atoms with Gasteiger partial charge < -0.3 is 71.2 Å². The highest BCUT2D eigenvalue weighted by atomic mass is 31.3. The highest BCUT2D eigenvalue weighted by Crippen LogP contribution is 2.61. The number of nitrogens with two attached hydrogens (primary N) is 3. The van der Waals surface area contributed by atoms with Crippen LogP contribution in [-0.2, 0) is 59.7 Å². The smallest absolute Gasteiger partial charge is 0.480 e. The lowest BCUT2D eigenvalue weighted by Crippen LogP contribution is -2.46. The van der Waals surface area contributed by atoms with Crippen LogP contribution in [0.25, 0.3) is 11.2 Å². The first-order valence-corrected chi connectivity index (χ1v) is 22.9. The number of hydrogen-bond acceptors (Lipinski definition) is 22. The number of phosphoric acid groups is 4. The lowest BCUT2D eigenvalue weighted by Gasteiger charge is -2.22. The number of pyridine rings is 1. The van der Waals surface area contributed by atoms with Gasteiger partial charge in [-0.1, -0.05) is 0 Å². The number of fused-ring (bicyclic) bond motifs is 1. The second kappa shape index (κ2) is 20.4. The van der Waals surface area contributed by atoms with Gasteiger partial charge in [-0.15, -0.1) is 0 Å². The molecule has 0 saturated carbocycles. The number of anilines is 1. The Hall–Kier alpha value is -3.81. The minimum Gasteiger partial charge on any atom is -0.480 e. The van der Waals surface area contributed by atoms with Gasteiger partial charge >= 0.3 is 43.2 Å². The summed E-state index contributed by atoms with van der Waals surface area (Å²) in [7, 11) is -21.1. The predicted octanol–water partition coefficient (Wildman–Crippen LogP) is -4.08. The second-order valence-corrected chi connectivity index (χ2v) is 18.1. The van der Waals surface area contributed by atoms with Crippen LogP contribution < -0.4 is 21.8 Å². The summed E-state index contributed by atoms with van der Waals surface area (Å²) < 4.78 is 82.1. The van der Waals surface area contributed by atoms with Crippen LogP contribution in [0.5, 0.6) is 0 Å². The molecule has 2 fully saturated rings. The summed E-state index contributed by atoms with van der Waals surface area (Å²) >= 11 is 0. The first-order chi connectivity index (χ1) is 28.6. The van der Waals surface area contributed by atoms with Crippen LogP contribution in [-0.4, -0.2) is 143 Å². The number of ether oxygens (including phenoxy) is 2. The van der Waals surface area contributed by atoms with Crippen molar-refractivity contribution in [3.8, 4) is 0 Å². The van der Waals surface area contributed by atoms with Crippen molar-refractivity contribution in [2.45, 2.75) is 68.0 Å². The average molecular weight is 972 g/mol. The van der Waals surface area contributed by atoms with Crippen LogP contribution >= 0.6 is 31.3 Å². The number of carbonyl (C=O) groups excluding carboxylic acids is 2. The van der Waals surface area contributed by atoms with Crippen molar-refractivity contribution in [2.75, 3.05) is 18.9 Å². The first kappa shape index (κ1) is 50.8. The molecule has 3 unspecified atom stereocenters. The predicted molar refractivity (Wildman–Crippen MR) is 193 cm³/mol. The van der Waals surface area contributed by atoms with Crippen molar-refractivity contribution < 1.29 is 119 Å². The number of aliphatic carboxylic acids is 1. The van der Waals surface area contributed by atoms with Crippen LogP contribution in [0, 0.1) is 0 Å². The van der Waals surface area contributed by atoms with E-state index in [4.69, 9.17) is 50.6 Å². The average Bonchev–Trinajstić information content (AvgIpc) is 3.80. The molecule has 3 aromatic heterocycles. The summed E-state index contributed by atoms with van der Waals surface area (Å²) in [6.45, 7) is -2.03. The molecule has 3 aromatic rings. The molecule has 5 heterocycles. The molecule has 0 aliphatic carbocycles. The summed E-state index contributed by atoms with van der Waals surface area (Å²) in [4.78, 5) is 99.3. The van der Waals surface area contributed by atoms with E-state index in [1.807, 2.05) is 0 Å². The minimum atomic E-state index is -5.52. The van der Waals surface area contributed by atoms with E-state index in [0.29, 0.717) is 0 Å². The highest BCUT2D eigenvalue weighted by molar-refractivity contribution is 7.61. The molecule has 346 valence electrons. The third kappa shape index (κ3) is 14.1. The number of nitrogens with zero attached hydrogens (tertiary/aromatic N) is 5. The maximum absolute atomic E-state index is 12.6. The molecule has 0 bridgehead atoms. The number of hydrogen-bond donors (Lipinski definition) is 13. The van der Waals surface area contributed by atoms with Gasteiger partial charge in [0.05, 0.1) is 19.5 Å². The number of carboxylic acid groups (broad SMARTS) is 1. The molecule has 16 N–H and O–H groups in total. The Morgan fingerprint density at radius 1 is 0.887 bits per heavy atom. The summed E-state index contributed by atoms with van der Waals surface area (Å²) in [6, 6.07) is 1.54. The number of carbonyl (C=O) groups is 3. The number of aromatic nitrogens is 5. The maximum Gasteiger partial charge on any atom is 0.526 e. The number of rotatable bonds is 18. The largest absolute Gasteiger partial charge is 0.526 e. The number of aliphatic hydroxyl groups is 3. The molecule has 5 rings (SSSR count). The van der Waals surface area contributed by atoms with Gasteiger partial charge in [-0.25, -0.2) is 33.2 Å². The number of carboxylic acids is 1. The first-order valence-electron chi connectivity index (χ1n) is 16.8. The molecule has 11 atom stereocenters. The van der Waals surface area contributed by atoms with Crippen LogP contribution in [0.2, 0.25) is 0 Å². The number of aliphatic hydroxyl groups excluding tert-OH is 3. The van der Waals surface area contributed by atoms with Crippen LogP contribution in [0.4, 0.5) is 5.82 Å². The van der Waals surface area contributed by atoms with Gasteiger partial charge in [-0.2, -0.15) is 8.88 Å². The Kier molecular flexibility index (Phi) is 16.7. The van der Waals surface area contributed by atoms with Gasteiger partial charge in [0.1, 0.15) is 54.0 Å². The van der Waals surface area contributed by atoms with Gasteiger partial charge in [-0.3, -0.25) is 42.3 Å². The van der Waals surface area contributed by atoms with E-state index in [9.17, 15) is 67.5 Å². The number of nitrogen functional groups attached to an aromatic ring is 1. The fraction of sp³-hybridized carbons (Fsp3) is 0.500. The number of primary amides is 1. The summed E-state index contributed by atoms with van der Waals surface area (Å²) in [6.07, 6.45) is -9.09. The number of amides is 1. The zero-order valence-electron chi connectivity index (χ0n) is 30.9. The Balaban J connectivity index is 0.000000518. The van der Waals surface area contributed by atoms with Crippen molar-refractivity contribution in [2.24, 2.45) is 11.5 Å². The molecule has 1 amide bonds. The zero-order valence-corrected chi connectivity index (χ0v) is 34.5. The molecular formula is C26H39N8O24P4+. The van der Waals surface area contributed by atoms with Crippen LogP contribution in [0.3, 0.4) is 0 Å². The topological polar surface area (TPSA) is 512 Å². The van der Waals surface area contributed by atoms with Crippen molar-refractivity contribution in [1.29, 1.82) is 0 Å². The van der Waals surface area contributed by atoms with Crippen molar-refractivity contribution >= 4 is 66.1 Å². The molecule has 0 aromatic carbocycles. The SMILES string of the molecule is NC(=O)c1ccc[n+]([C@@H]2O[C@H](COP(=O)(O)OP(=O)(O)OC[C@H]3O[C@@H](n4cnc5c(N)ncnc54)[C@H](OP(=O)(O)O)[C@@H]3O)[C@@H](O)[C@H]2O)c1.NC(CCC(=O)OP(=O)(O)O)C(=O)O. The molecule has 32 nitrogen and oxygen atoms in total. The molecular weight excluding hydrogens is 932 g/mol. The molecule has 0 spiro atoms. The second-order valence-electron chi connectivity index (χ2n) is 12.7. The summed E-state index contributed by atoms with van der Waals surface area (Å²) in [5.74, 6) is -3.33. The van der Waals surface area contributed by atoms with Crippen LogP contribution in [0.15, 0.2) is 37.2 Å². The van der Waals surface area contributed by atoms with Gasteiger partial charge in [-0.05, 0) is 12.5 Å². The molecule has 2 saturated heterocycles. The lowest BCUT2D eigenvalue weighted by molar-refractivity contribution is -0.765. The molecule has 0 radical (unpaired) electrons. The van der Waals surface area contributed by atoms with E-state index < -0.39 is 124 Å². The Bertz CT molecular complexity index is 2290. The normalized spacial score (nSPS) is 26.5. The third-order valence-electron chi connectivity index (χ3n) is 8.18. The quantitative estimate of drug-likeness (QED) is 0.0426. The van der Waals surface area contributed by atoms with E-state index in [-0.39, 0.29) is 29.0 Å². The van der Waals surface area contributed by atoms with E-state index in [2.05, 4.69) is 28.3 Å². The Morgan fingerprint density at radius 2 is 1.50 bits per heavy atom. The molecule has 62 heavy (non-hydrogen) atoms. The third-order valence-corrected chi connectivity index (χ3v) is 11.7. The van der Waals surface area contributed by atoms with Gasteiger partial charge in [0.2, 0.25) is 0 Å². The number of imidazole rings is 1. The Labute approximate surface area is 345 Å². The van der Waals surface area contributed by atoms with E-state index >= 15 is 0 Å². The zero-order chi connectivity index (χ0) is 46.5. The minimum absolute atomic E-state index is 0.00286. The van der Waals surface area contributed by atoms with Crippen molar-refractivity contribution in [3.63, 3.8) is 0 Å². The summed E-state index contributed by atoms with van der Waals surface area (Å²) in [5.41, 5.74) is 16.1. The van der Waals surface area contributed by atoms with Gasteiger partial charge in [0, 0.05) is 12.5 Å². The van der Waals surface area contributed by atoms with E-state index in [1.54, 1.807) is 0 Å². The Morgan fingerprint density at radius 3 is 2.06 bits per heavy atom. The van der Waals surface area contributed by atoms with E-state index in [0.717, 1.165) is 17.2 Å². The fourth-order valence-corrected chi connectivity index (χ4v) is 8.40. The molecule has 2 aliphatic rings. The number of phosphoric ester groups is 4. The van der Waals surface area contributed by atoms with Gasteiger partial charge in [0.25, 0.3) is 12.1 Å². The van der Waals surface area contributed by atoms with Crippen molar-refractivity contribution in [3.05, 3.63) is 42.7 Å². The monoisotopic (exact) mass is 971 g/mol. The maximum atomic E-state index is 12.6. The van der Waals surface area contributed by atoms with Crippen molar-refractivity contribution in [1.82, 2.24) is 19.5 Å². The van der Waals surface area contributed by atoms with Crippen LogP contribution in [0.1, 0.15) is 35.7 Å². The highest BCUT2D eigenvalue weighted by Gasteiger charge is 2.51. The standard InChI is InChI=1S/C21H28N7O17P3.C5H10NO7P/c22-17-12-19(25-7-24-17)28(8-26-12)21-16(44-46(33,34)35)14(30)11(43-21)6-41-48(38,39)45-47(36,37)40-5-10-13(29)15(31)20(42-10)27-3-1-2-9(4-27)18(23)32;6-3(5(8)9)1-2-4(7)13-14(10,11)12/h1-4,7-8,10-11,13-16,20-21,29-31H,5-6H2,(H7-,22,23,24,25,32,33,34,35,36,37,38,39);3H,1-2,6H2,(H,8,9)(H2,10,11,12)/p+1/t10-,11-,13-,14-,15-,16-,20-,21-;/m1./s1. The molecule has 36 heteroatoms. The lowest BCUT2D eigenvalue weighted by atomic mass is 10.1. The fourth-order valence-electron chi connectivity index (χ4n) is 5.41. The molecule has 2 aliphatic heterocycles. The van der Waals surface area contributed by atoms with Gasteiger partial charge in [0.15, 0.2) is 36.2 Å². The summed E-state index contributed by atoms with van der Waals surface area (Å²) in [5, 5.41) is 39.8. The van der Waals surface area contributed by atoms with E-state index in [1.165, 1.54) is 29.1 Å².